The highest BCUT2D eigenvalue weighted by atomic mass is 32.1. The number of nitrogens with zero attached hydrogens (tertiary/aromatic N) is 1. The van der Waals surface area contributed by atoms with Gasteiger partial charge < -0.3 is 5.73 Å². The van der Waals surface area contributed by atoms with Crippen molar-refractivity contribution in [2.24, 2.45) is 5.73 Å². The fourth-order valence-corrected chi connectivity index (χ4v) is 2.36. The van der Waals surface area contributed by atoms with E-state index in [1.165, 1.54) is 17.4 Å². The first-order valence-electron chi connectivity index (χ1n) is 5.05. The Kier molecular flexibility index (Phi) is 3.03. The third-order valence-electron chi connectivity index (χ3n) is 2.34. The number of thiazole rings is 1. The molecule has 1 aromatic carbocycles. The lowest BCUT2D eigenvalue weighted by Crippen LogP contribution is -2.04. The second-order valence-corrected chi connectivity index (χ2v) is 4.71. The zero-order valence-corrected chi connectivity index (χ0v) is 10.0. The minimum absolute atomic E-state index is 0.112. The molecule has 0 amide bonds. The number of hydrogen-bond acceptors (Lipinski definition) is 3. The molecule has 0 saturated heterocycles. The molecule has 1 unspecified atom stereocenters. The molecule has 2 N–H and O–H groups in total. The summed E-state index contributed by atoms with van der Waals surface area (Å²) in [6.45, 7) is 3.73. The van der Waals surface area contributed by atoms with Crippen LogP contribution in [0, 0.1) is 12.7 Å². The Hall–Kier alpha value is -1.26. The highest BCUT2D eigenvalue weighted by molar-refractivity contribution is 7.13. The molecular weight excluding hydrogens is 223 g/mol. The minimum atomic E-state index is -0.231. The van der Waals surface area contributed by atoms with Gasteiger partial charge in [-0.1, -0.05) is 6.07 Å². The van der Waals surface area contributed by atoms with Crippen LogP contribution in [0.4, 0.5) is 4.39 Å². The van der Waals surface area contributed by atoms with Crippen molar-refractivity contribution < 1.29 is 4.39 Å². The van der Waals surface area contributed by atoms with Crippen molar-refractivity contribution in [1.29, 1.82) is 0 Å². The molecule has 2 nitrogen and oxygen atoms in total. The number of benzene rings is 1. The number of aryl methyl sites for hydroxylation is 1. The smallest absolute Gasteiger partial charge is 0.133 e. The summed E-state index contributed by atoms with van der Waals surface area (Å²) in [6.07, 6.45) is 0. The number of aromatic nitrogens is 1. The van der Waals surface area contributed by atoms with E-state index in [1.807, 2.05) is 25.3 Å². The molecular formula is C12H13FN2S. The predicted octanol–water partition coefficient (Wildman–Crippen LogP) is 3.28. The highest BCUT2D eigenvalue weighted by Crippen LogP contribution is 2.28. The topological polar surface area (TPSA) is 38.9 Å². The number of nitrogens with two attached hydrogens (primary N) is 1. The van der Waals surface area contributed by atoms with Gasteiger partial charge in [0.1, 0.15) is 10.8 Å². The van der Waals surface area contributed by atoms with E-state index in [0.29, 0.717) is 10.6 Å². The van der Waals surface area contributed by atoms with Crippen molar-refractivity contribution in [3.63, 3.8) is 0 Å². The van der Waals surface area contributed by atoms with E-state index in [9.17, 15) is 4.39 Å². The molecule has 0 saturated carbocycles. The summed E-state index contributed by atoms with van der Waals surface area (Å²) in [7, 11) is 0. The van der Waals surface area contributed by atoms with Crippen molar-refractivity contribution in [3.05, 3.63) is 40.7 Å². The Labute approximate surface area is 97.9 Å². The molecule has 1 heterocycles. The van der Waals surface area contributed by atoms with Gasteiger partial charge in [-0.25, -0.2) is 9.37 Å². The molecule has 84 valence electrons. The van der Waals surface area contributed by atoms with Crippen LogP contribution >= 0.6 is 11.3 Å². The van der Waals surface area contributed by atoms with Crippen LogP contribution in [-0.2, 0) is 0 Å². The fraction of sp³-hybridized carbons (Fsp3) is 0.250. The summed E-state index contributed by atoms with van der Waals surface area (Å²) in [4.78, 5) is 4.32. The van der Waals surface area contributed by atoms with Gasteiger partial charge >= 0.3 is 0 Å². The lowest BCUT2D eigenvalue weighted by atomic mass is 10.1. The van der Waals surface area contributed by atoms with Crippen LogP contribution in [0.25, 0.3) is 10.6 Å². The second kappa shape index (κ2) is 4.31. The van der Waals surface area contributed by atoms with Crippen LogP contribution in [0.1, 0.15) is 24.2 Å². The molecule has 4 heteroatoms. The van der Waals surface area contributed by atoms with Gasteiger partial charge in [0.25, 0.3) is 0 Å². The molecule has 0 radical (unpaired) electrons. The number of hydrogen-bond donors (Lipinski definition) is 1. The summed E-state index contributed by atoms with van der Waals surface area (Å²) in [5.74, 6) is -0.231. The third kappa shape index (κ3) is 2.13. The van der Waals surface area contributed by atoms with E-state index < -0.39 is 0 Å². The number of rotatable bonds is 2. The molecule has 2 aromatic rings. The standard InChI is InChI=1S/C12H13FN2S/c1-7-3-4-9(10(13)5-7)12-15-11(6-16-12)8(2)14/h3-6,8H,14H2,1-2H3. The first kappa shape index (κ1) is 11.2. The fourth-order valence-electron chi connectivity index (χ4n) is 1.41. The van der Waals surface area contributed by atoms with Crippen molar-refractivity contribution >= 4 is 11.3 Å². The second-order valence-electron chi connectivity index (χ2n) is 3.85. The zero-order chi connectivity index (χ0) is 11.7. The van der Waals surface area contributed by atoms with Gasteiger partial charge in [-0.2, -0.15) is 0 Å². The van der Waals surface area contributed by atoms with Crippen LogP contribution in [0.5, 0.6) is 0 Å². The van der Waals surface area contributed by atoms with Gasteiger partial charge in [-0.3, -0.25) is 0 Å². The first-order valence-corrected chi connectivity index (χ1v) is 5.93. The van der Waals surface area contributed by atoms with Crippen LogP contribution in [0.2, 0.25) is 0 Å². The van der Waals surface area contributed by atoms with E-state index in [2.05, 4.69) is 4.98 Å². The maximum Gasteiger partial charge on any atom is 0.133 e. The zero-order valence-electron chi connectivity index (χ0n) is 9.20. The third-order valence-corrected chi connectivity index (χ3v) is 3.24. The van der Waals surface area contributed by atoms with E-state index in [1.54, 1.807) is 6.07 Å². The SMILES string of the molecule is Cc1ccc(-c2nc(C(C)N)cs2)c(F)c1. The largest absolute Gasteiger partial charge is 0.323 e. The Morgan fingerprint density at radius 1 is 1.44 bits per heavy atom. The molecule has 1 aromatic heterocycles. The van der Waals surface area contributed by atoms with Crippen LogP contribution in [-0.4, -0.2) is 4.98 Å². The molecule has 0 fully saturated rings. The van der Waals surface area contributed by atoms with E-state index >= 15 is 0 Å². The van der Waals surface area contributed by atoms with Crippen LogP contribution in [0.15, 0.2) is 23.6 Å². The predicted molar refractivity (Wildman–Crippen MR) is 64.8 cm³/mol. The highest BCUT2D eigenvalue weighted by Gasteiger charge is 2.11. The monoisotopic (exact) mass is 236 g/mol. The molecule has 2 rings (SSSR count). The van der Waals surface area contributed by atoms with Gasteiger partial charge in [0.05, 0.1) is 5.69 Å². The summed E-state index contributed by atoms with van der Waals surface area (Å²) >= 11 is 1.42. The lowest BCUT2D eigenvalue weighted by molar-refractivity contribution is 0.630. The Morgan fingerprint density at radius 3 is 2.75 bits per heavy atom. The van der Waals surface area contributed by atoms with Crippen LogP contribution in [0.3, 0.4) is 0 Å². The normalized spacial score (nSPS) is 12.8. The average molecular weight is 236 g/mol. The molecule has 16 heavy (non-hydrogen) atoms. The van der Waals surface area contributed by atoms with Crippen molar-refractivity contribution in [1.82, 2.24) is 4.98 Å². The maximum atomic E-state index is 13.7. The van der Waals surface area contributed by atoms with Gasteiger partial charge in [0.15, 0.2) is 0 Å². The summed E-state index contributed by atoms with van der Waals surface area (Å²) in [5, 5.41) is 2.56. The van der Waals surface area contributed by atoms with Gasteiger partial charge in [-0.15, -0.1) is 11.3 Å². The average Bonchev–Trinajstić information content (AvgIpc) is 2.66. The van der Waals surface area contributed by atoms with Crippen LogP contribution < -0.4 is 5.73 Å². The number of halogens is 1. The summed E-state index contributed by atoms with van der Waals surface area (Å²) in [6, 6.07) is 5.04. The molecule has 0 spiro atoms. The Morgan fingerprint density at radius 2 is 2.19 bits per heavy atom. The van der Waals surface area contributed by atoms with Crippen molar-refractivity contribution in [2.45, 2.75) is 19.9 Å². The van der Waals surface area contributed by atoms with Crippen molar-refractivity contribution in [3.8, 4) is 10.6 Å². The van der Waals surface area contributed by atoms with Crippen molar-refractivity contribution in [2.75, 3.05) is 0 Å². The first-order chi connectivity index (χ1) is 7.58. The quantitative estimate of drug-likeness (QED) is 0.869. The van der Waals surface area contributed by atoms with E-state index in [0.717, 1.165) is 11.3 Å². The molecule has 0 aliphatic heterocycles. The summed E-state index contributed by atoms with van der Waals surface area (Å²) < 4.78 is 13.7. The summed E-state index contributed by atoms with van der Waals surface area (Å²) in [5.41, 5.74) is 7.97. The van der Waals surface area contributed by atoms with E-state index in [-0.39, 0.29) is 11.9 Å². The molecule has 0 aliphatic rings. The Balaban J connectivity index is 2.42. The minimum Gasteiger partial charge on any atom is -0.323 e. The van der Waals surface area contributed by atoms with Gasteiger partial charge in [-0.05, 0) is 31.5 Å². The molecule has 1 atom stereocenters. The molecule has 0 aliphatic carbocycles. The van der Waals surface area contributed by atoms with E-state index in [4.69, 9.17) is 5.73 Å². The Bertz CT molecular complexity index is 505. The molecule has 0 bridgehead atoms. The van der Waals surface area contributed by atoms with Gasteiger partial charge in [0.2, 0.25) is 0 Å². The van der Waals surface area contributed by atoms with Gasteiger partial charge in [0, 0.05) is 17.0 Å². The maximum absolute atomic E-state index is 13.7. The lowest BCUT2D eigenvalue weighted by Gasteiger charge is -2.01.